The molecule has 1 aliphatic carbocycles. The van der Waals surface area contributed by atoms with E-state index in [-0.39, 0.29) is 6.04 Å². The maximum absolute atomic E-state index is 13.3. The van der Waals surface area contributed by atoms with Gasteiger partial charge in [0.1, 0.15) is 0 Å². The number of rotatable bonds is 3. The summed E-state index contributed by atoms with van der Waals surface area (Å²) in [6, 6.07) is 2.77. The molecule has 1 saturated carbocycles. The van der Waals surface area contributed by atoms with Crippen molar-refractivity contribution in [3.8, 4) is 0 Å². The van der Waals surface area contributed by atoms with Crippen LogP contribution >= 0.6 is 0 Å². The molecule has 21 heavy (non-hydrogen) atoms. The Kier molecular flexibility index (Phi) is 4.38. The van der Waals surface area contributed by atoms with Crippen LogP contribution in [0.15, 0.2) is 12.1 Å². The molecule has 1 aromatic carbocycles. The second-order valence-corrected chi connectivity index (χ2v) is 6.16. The third kappa shape index (κ3) is 3.18. The topological polar surface area (TPSA) is 24.1 Å². The van der Waals surface area contributed by atoms with E-state index >= 15 is 0 Å². The lowest BCUT2D eigenvalue weighted by molar-refractivity contribution is 0.286. The molecule has 0 radical (unpaired) electrons. The Hall–Kier alpha value is -1.23. The van der Waals surface area contributed by atoms with Gasteiger partial charge in [0, 0.05) is 29.9 Å². The van der Waals surface area contributed by atoms with Gasteiger partial charge in [0.15, 0.2) is 17.5 Å². The molecule has 2 N–H and O–H groups in total. The first-order valence-electron chi connectivity index (χ1n) is 7.79. The summed E-state index contributed by atoms with van der Waals surface area (Å²) >= 11 is 0. The fourth-order valence-electron chi connectivity index (χ4n) is 3.75. The molecular weight excluding hydrogens is 277 g/mol. The van der Waals surface area contributed by atoms with Crippen LogP contribution in [-0.2, 0) is 0 Å². The summed E-state index contributed by atoms with van der Waals surface area (Å²) in [7, 11) is 0. The van der Waals surface area contributed by atoms with Crippen LogP contribution in [0, 0.1) is 23.4 Å². The van der Waals surface area contributed by atoms with Gasteiger partial charge in [0.05, 0.1) is 0 Å². The van der Waals surface area contributed by atoms with Crippen molar-refractivity contribution in [2.24, 2.45) is 5.92 Å². The minimum absolute atomic E-state index is 0.199. The second kappa shape index (κ2) is 6.26. The van der Waals surface area contributed by atoms with Crippen LogP contribution in [0.5, 0.6) is 0 Å². The summed E-state index contributed by atoms with van der Waals surface area (Å²) in [5.41, 5.74) is 0.333. The van der Waals surface area contributed by atoms with E-state index in [1.807, 2.05) is 0 Å². The molecule has 116 valence electrons. The van der Waals surface area contributed by atoms with E-state index in [4.69, 9.17) is 0 Å². The molecule has 5 heteroatoms. The highest BCUT2D eigenvalue weighted by atomic mass is 19.2. The molecule has 2 nitrogen and oxygen atoms in total. The van der Waals surface area contributed by atoms with Gasteiger partial charge < -0.3 is 10.6 Å². The average Bonchev–Trinajstić information content (AvgIpc) is 2.94. The number of benzene rings is 1. The number of hydrogen-bond acceptors (Lipinski definition) is 2. The SMILES string of the molecule is Fc1cc(NC2CCCC2C2CCCCN2)cc(F)c1F. The van der Waals surface area contributed by atoms with Gasteiger partial charge in [-0.15, -0.1) is 0 Å². The van der Waals surface area contributed by atoms with E-state index in [1.165, 1.54) is 12.8 Å². The van der Waals surface area contributed by atoms with E-state index in [0.29, 0.717) is 17.6 Å². The lowest BCUT2D eigenvalue weighted by atomic mass is 9.88. The molecule has 3 atom stereocenters. The van der Waals surface area contributed by atoms with Gasteiger partial charge in [-0.05, 0) is 38.1 Å². The van der Waals surface area contributed by atoms with Crippen LogP contribution in [0.1, 0.15) is 38.5 Å². The van der Waals surface area contributed by atoms with Crippen molar-refractivity contribution in [1.82, 2.24) is 5.32 Å². The zero-order chi connectivity index (χ0) is 14.8. The first-order valence-corrected chi connectivity index (χ1v) is 7.79. The molecule has 0 aromatic heterocycles. The van der Waals surface area contributed by atoms with Crippen molar-refractivity contribution in [2.75, 3.05) is 11.9 Å². The van der Waals surface area contributed by atoms with Gasteiger partial charge in [0.2, 0.25) is 0 Å². The van der Waals surface area contributed by atoms with E-state index in [0.717, 1.165) is 44.4 Å². The van der Waals surface area contributed by atoms with Crippen molar-refractivity contribution in [3.05, 3.63) is 29.6 Å². The number of nitrogens with one attached hydrogen (secondary N) is 2. The van der Waals surface area contributed by atoms with E-state index in [1.54, 1.807) is 0 Å². The fourth-order valence-corrected chi connectivity index (χ4v) is 3.75. The highest BCUT2D eigenvalue weighted by Gasteiger charge is 2.34. The molecule has 2 aliphatic rings. The molecular formula is C16H21F3N2. The van der Waals surface area contributed by atoms with E-state index in [2.05, 4.69) is 10.6 Å². The molecule has 1 aliphatic heterocycles. The summed E-state index contributed by atoms with van der Waals surface area (Å²) < 4.78 is 39.6. The molecule has 0 bridgehead atoms. The van der Waals surface area contributed by atoms with Gasteiger partial charge in [-0.1, -0.05) is 12.8 Å². The summed E-state index contributed by atoms with van der Waals surface area (Å²) in [5, 5.41) is 6.77. The smallest absolute Gasteiger partial charge is 0.194 e. The lowest BCUT2D eigenvalue weighted by Crippen LogP contribution is -2.44. The number of anilines is 1. The largest absolute Gasteiger partial charge is 0.382 e. The normalized spacial score (nSPS) is 29.6. The number of hydrogen-bond donors (Lipinski definition) is 2. The minimum atomic E-state index is -1.41. The Morgan fingerprint density at radius 3 is 2.38 bits per heavy atom. The predicted octanol–water partition coefficient (Wildman–Crippen LogP) is 3.83. The van der Waals surface area contributed by atoms with Gasteiger partial charge >= 0.3 is 0 Å². The maximum Gasteiger partial charge on any atom is 0.194 e. The molecule has 1 aromatic rings. The van der Waals surface area contributed by atoms with Crippen LogP contribution in [-0.4, -0.2) is 18.6 Å². The Morgan fingerprint density at radius 2 is 1.71 bits per heavy atom. The summed E-state index contributed by atoms with van der Waals surface area (Å²) in [5.74, 6) is -3.20. The molecule has 1 heterocycles. The minimum Gasteiger partial charge on any atom is -0.382 e. The molecule has 3 unspecified atom stereocenters. The highest BCUT2D eigenvalue weighted by molar-refractivity contribution is 5.45. The molecule has 0 spiro atoms. The van der Waals surface area contributed by atoms with Crippen LogP contribution in [0.3, 0.4) is 0 Å². The summed E-state index contributed by atoms with van der Waals surface area (Å²) in [6.07, 6.45) is 6.85. The first-order chi connectivity index (χ1) is 10.1. The first kappa shape index (κ1) is 14.7. The van der Waals surface area contributed by atoms with Gasteiger partial charge in [-0.3, -0.25) is 0 Å². The van der Waals surface area contributed by atoms with Crippen molar-refractivity contribution in [1.29, 1.82) is 0 Å². The average molecular weight is 298 g/mol. The Labute approximate surface area is 123 Å². The molecule has 0 amide bonds. The van der Waals surface area contributed by atoms with Gasteiger partial charge in [-0.25, -0.2) is 13.2 Å². The third-order valence-electron chi connectivity index (χ3n) is 4.77. The predicted molar refractivity (Wildman–Crippen MR) is 76.7 cm³/mol. The van der Waals surface area contributed by atoms with Crippen molar-refractivity contribution < 1.29 is 13.2 Å². The summed E-state index contributed by atoms with van der Waals surface area (Å²) in [6.45, 7) is 1.05. The zero-order valence-electron chi connectivity index (χ0n) is 12.0. The third-order valence-corrected chi connectivity index (χ3v) is 4.77. The van der Waals surface area contributed by atoms with E-state index < -0.39 is 17.5 Å². The van der Waals surface area contributed by atoms with Gasteiger partial charge in [0.25, 0.3) is 0 Å². The van der Waals surface area contributed by atoms with Crippen LogP contribution in [0.2, 0.25) is 0 Å². The van der Waals surface area contributed by atoms with Gasteiger partial charge in [-0.2, -0.15) is 0 Å². The monoisotopic (exact) mass is 298 g/mol. The molecule has 2 fully saturated rings. The Bertz CT molecular complexity index is 477. The number of piperidine rings is 1. The Balaban J connectivity index is 1.71. The standard InChI is InChI=1S/C16H21F3N2/c17-12-8-10(9-13(18)16(12)19)21-15-6-3-4-11(15)14-5-1-2-7-20-14/h8-9,11,14-15,20-21H,1-7H2. The molecule has 3 rings (SSSR count). The fraction of sp³-hybridized carbons (Fsp3) is 0.625. The Morgan fingerprint density at radius 1 is 0.952 bits per heavy atom. The second-order valence-electron chi connectivity index (χ2n) is 6.16. The number of halogens is 3. The molecule has 1 saturated heterocycles. The maximum atomic E-state index is 13.3. The van der Waals surface area contributed by atoms with Crippen molar-refractivity contribution >= 4 is 5.69 Å². The van der Waals surface area contributed by atoms with E-state index in [9.17, 15) is 13.2 Å². The van der Waals surface area contributed by atoms with Crippen LogP contribution in [0.4, 0.5) is 18.9 Å². The van der Waals surface area contributed by atoms with Crippen molar-refractivity contribution in [3.63, 3.8) is 0 Å². The lowest BCUT2D eigenvalue weighted by Gasteiger charge is -2.33. The van der Waals surface area contributed by atoms with Crippen LogP contribution < -0.4 is 10.6 Å². The zero-order valence-corrected chi connectivity index (χ0v) is 12.0. The summed E-state index contributed by atoms with van der Waals surface area (Å²) in [4.78, 5) is 0. The van der Waals surface area contributed by atoms with Crippen molar-refractivity contribution in [2.45, 2.75) is 50.6 Å². The highest BCUT2D eigenvalue weighted by Crippen LogP contribution is 2.34. The van der Waals surface area contributed by atoms with Crippen LogP contribution in [0.25, 0.3) is 0 Å². The quantitative estimate of drug-likeness (QED) is 0.829.